The Bertz CT molecular complexity index is 565. The molecule has 0 fully saturated rings. The van der Waals surface area contributed by atoms with Gasteiger partial charge in [-0.25, -0.2) is 17.9 Å². The lowest BCUT2D eigenvalue weighted by molar-refractivity contribution is -0.141. The van der Waals surface area contributed by atoms with Crippen molar-refractivity contribution in [1.82, 2.24) is 4.72 Å². The zero-order chi connectivity index (χ0) is 15.4. The Labute approximate surface area is 119 Å². The van der Waals surface area contributed by atoms with E-state index in [0.717, 1.165) is 0 Å². The Morgan fingerprint density at radius 2 is 1.80 bits per heavy atom. The zero-order valence-electron chi connectivity index (χ0n) is 11.8. The van der Waals surface area contributed by atoms with Crippen LogP contribution in [0, 0.1) is 0 Å². The molecule has 0 amide bonds. The number of rotatable bonds is 7. The number of carboxylic acid groups (broad SMARTS) is 1. The van der Waals surface area contributed by atoms with Crippen molar-refractivity contribution in [3.8, 4) is 0 Å². The zero-order valence-corrected chi connectivity index (χ0v) is 12.6. The molecule has 0 heterocycles. The Hall–Kier alpha value is -1.60. The van der Waals surface area contributed by atoms with E-state index in [9.17, 15) is 13.2 Å². The van der Waals surface area contributed by atoms with Crippen LogP contribution in [0.15, 0.2) is 29.2 Å². The van der Waals surface area contributed by atoms with E-state index < -0.39 is 21.5 Å². The summed E-state index contributed by atoms with van der Waals surface area (Å²) in [6.45, 7) is 5.32. The van der Waals surface area contributed by atoms with Crippen LogP contribution in [-0.2, 0) is 14.8 Å². The Balaban J connectivity index is 2.87. The Morgan fingerprint density at radius 1 is 1.25 bits per heavy atom. The van der Waals surface area contributed by atoms with Crippen LogP contribution in [0.25, 0.3) is 0 Å². The van der Waals surface area contributed by atoms with Crippen molar-refractivity contribution in [2.45, 2.75) is 37.6 Å². The van der Waals surface area contributed by atoms with Gasteiger partial charge in [-0.1, -0.05) is 6.92 Å². The summed E-state index contributed by atoms with van der Waals surface area (Å²) in [6, 6.07) is 5.98. The number of aliphatic carboxylic acids is 1. The highest BCUT2D eigenvalue weighted by Crippen LogP contribution is 2.18. The van der Waals surface area contributed by atoms with Crippen LogP contribution in [0.1, 0.15) is 27.2 Å². The number of sulfonamides is 1. The number of carboxylic acids is 1. The maximum absolute atomic E-state index is 11.9. The highest BCUT2D eigenvalue weighted by molar-refractivity contribution is 7.89. The molecule has 112 valence electrons. The van der Waals surface area contributed by atoms with Gasteiger partial charge in [0.05, 0.1) is 4.90 Å². The highest BCUT2D eigenvalue weighted by atomic mass is 32.2. The molecule has 7 heteroatoms. The lowest BCUT2D eigenvalue weighted by Gasteiger charge is -2.22. The van der Waals surface area contributed by atoms with Gasteiger partial charge in [0, 0.05) is 12.2 Å². The van der Waals surface area contributed by atoms with E-state index in [-0.39, 0.29) is 4.90 Å². The number of hydrogen-bond donors (Lipinski definition) is 3. The van der Waals surface area contributed by atoms with Crippen LogP contribution in [0.5, 0.6) is 0 Å². The third-order valence-electron chi connectivity index (χ3n) is 2.70. The van der Waals surface area contributed by atoms with E-state index in [0.29, 0.717) is 18.7 Å². The van der Waals surface area contributed by atoms with Gasteiger partial charge in [0.1, 0.15) is 5.54 Å². The molecular weight excluding hydrogens is 280 g/mol. The first kappa shape index (κ1) is 16.5. The first-order valence-electron chi connectivity index (χ1n) is 6.30. The smallest absolute Gasteiger partial charge is 0.328 e. The molecule has 0 aliphatic heterocycles. The van der Waals surface area contributed by atoms with Crippen LogP contribution >= 0.6 is 0 Å². The van der Waals surface area contributed by atoms with Crippen molar-refractivity contribution in [3.05, 3.63) is 24.3 Å². The van der Waals surface area contributed by atoms with Gasteiger partial charge in [-0.3, -0.25) is 0 Å². The standard InChI is InChI=1S/C13H20N2O4S/c1-4-9-14-20(18,19)11-7-5-10(6-8-11)15-13(2,3)12(16)17/h5-8,14-15H,4,9H2,1-3H3,(H,16,17). The van der Waals surface area contributed by atoms with E-state index in [2.05, 4.69) is 10.0 Å². The van der Waals surface area contributed by atoms with Crippen LogP contribution in [0.3, 0.4) is 0 Å². The first-order valence-corrected chi connectivity index (χ1v) is 7.78. The van der Waals surface area contributed by atoms with Crippen molar-refractivity contribution < 1.29 is 18.3 Å². The summed E-state index contributed by atoms with van der Waals surface area (Å²) in [6.07, 6.45) is 0.714. The molecule has 0 saturated heterocycles. The maximum atomic E-state index is 11.9. The third-order valence-corrected chi connectivity index (χ3v) is 4.18. The molecule has 1 rings (SSSR count). The third kappa shape index (κ3) is 4.21. The predicted molar refractivity (Wildman–Crippen MR) is 77.3 cm³/mol. The number of anilines is 1. The minimum absolute atomic E-state index is 0.157. The minimum Gasteiger partial charge on any atom is -0.480 e. The molecule has 20 heavy (non-hydrogen) atoms. The van der Waals surface area contributed by atoms with Crippen molar-refractivity contribution >= 4 is 21.7 Å². The highest BCUT2D eigenvalue weighted by Gasteiger charge is 2.26. The lowest BCUT2D eigenvalue weighted by Crippen LogP contribution is -2.39. The molecular formula is C13H20N2O4S. The van der Waals surface area contributed by atoms with Crippen LogP contribution in [0.2, 0.25) is 0 Å². The van der Waals surface area contributed by atoms with Crippen molar-refractivity contribution in [1.29, 1.82) is 0 Å². The molecule has 0 aliphatic rings. The van der Waals surface area contributed by atoms with Gasteiger partial charge in [0.2, 0.25) is 10.0 Å². The molecule has 1 aromatic carbocycles. The van der Waals surface area contributed by atoms with E-state index in [4.69, 9.17) is 5.11 Å². The second-order valence-corrected chi connectivity index (χ2v) is 6.74. The largest absolute Gasteiger partial charge is 0.480 e. The summed E-state index contributed by atoms with van der Waals surface area (Å²) in [5.74, 6) is -0.987. The van der Waals surface area contributed by atoms with Gasteiger partial charge in [-0.2, -0.15) is 0 Å². The number of carbonyl (C=O) groups is 1. The maximum Gasteiger partial charge on any atom is 0.328 e. The van der Waals surface area contributed by atoms with E-state index in [1.807, 2.05) is 6.92 Å². The Morgan fingerprint density at radius 3 is 2.25 bits per heavy atom. The van der Waals surface area contributed by atoms with Gasteiger partial charge in [0.25, 0.3) is 0 Å². The van der Waals surface area contributed by atoms with Gasteiger partial charge >= 0.3 is 5.97 Å². The molecule has 0 aliphatic carbocycles. The normalized spacial score (nSPS) is 12.2. The fourth-order valence-corrected chi connectivity index (χ4v) is 2.59. The monoisotopic (exact) mass is 300 g/mol. The molecule has 0 unspecified atom stereocenters. The van der Waals surface area contributed by atoms with Gasteiger partial charge in [0.15, 0.2) is 0 Å². The quantitative estimate of drug-likeness (QED) is 0.711. The molecule has 0 atom stereocenters. The average molecular weight is 300 g/mol. The van der Waals surface area contributed by atoms with E-state index >= 15 is 0 Å². The van der Waals surface area contributed by atoms with Crippen LogP contribution in [-0.4, -0.2) is 31.6 Å². The van der Waals surface area contributed by atoms with Gasteiger partial charge < -0.3 is 10.4 Å². The SMILES string of the molecule is CCCNS(=O)(=O)c1ccc(NC(C)(C)C(=O)O)cc1. The fourth-order valence-electron chi connectivity index (χ4n) is 1.45. The number of nitrogens with one attached hydrogen (secondary N) is 2. The van der Waals surface area contributed by atoms with Crippen molar-refractivity contribution in [3.63, 3.8) is 0 Å². The minimum atomic E-state index is -3.49. The fraction of sp³-hybridized carbons (Fsp3) is 0.462. The summed E-state index contributed by atoms with van der Waals surface area (Å²) < 4.78 is 26.2. The molecule has 0 spiro atoms. The van der Waals surface area contributed by atoms with Gasteiger partial charge in [-0.05, 0) is 44.5 Å². The lowest BCUT2D eigenvalue weighted by atomic mass is 10.1. The van der Waals surface area contributed by atoms with Crippen molar-refractivity contribution in [2.75, 3.05) is 11.9 Å². The molecule has 0 bridgehead atoms. The molecule has 0 radical (unpaired) electrons. The summed E-state index contributed by atoms with van der Waals surface area (Å²) in [4.78, 5) is 11.2. The molecule has 0 aromatic heterocycles. The van der Waals surface area contributed by atoms with Crippen LogP contribution < -0.4 is 10.0 Å². The Kier molecular flexibility index (Phi) is 5.13. The first-order chi connectivity index (χ1) is 9.19. The van der Waals surface area contributed by atoms with Crippen molar-refractivity contribution in [2.24, 2.45) is 0 Å². The topological polar surface area (TPSA) is 95.5 Å². The van der Waals surface area contributed by atoms with E-state index in [1.54, 1.807) is 12.1 Å². The second-order valence-electron chi connectivity index (χ2n) is 4.98. The second kappa shape index (κ2) is 6.23. The molecule has 1 aromatic rings. The summed E-state index contributed by atoms with van der Waals surface area (Å²) in [5.41, 5.74) is -0.576. The molecule has 3 N–H and O–H groups in total. The average Bonchev–Trinajstić information content (AvgIpc) is 2.36. The van der Waals surface area contributed by atoms with E-state index in [1.165, 1.54) is 26.0 Å². The summed E-state index contributed by atoms with van der Waals surface area (Å²) >= 11 is 0. The van der Waals surface area contributed by atoms with Crippen LogP contribution in [0.4, 0.5) is 5.69 Å². The predicted octanol–water partition coefficient (Wildman–Crippen LogP) is 1.65. The molecule has 0 saturated carbocycles. The number of benzene rings is 1. The molecule has 6 nitrogen and oxygen atoms in total. The summed E-state index contributed by atoms with van der Waals surface area (Å²) in [5, 5.41) is 11.8. The summed E-state index contributed by atoms with van der Waals surface area (Å²) in [7, 11) is -3.49. The number of hydrogen-bond acceptors (Lipinski definition) is 4. The van der Waals surface area contributed by atoms with Gasteiger partial charge in [-0.15, -0.1) is 0 Å².